The minimum Gasteiger partial charge on any atom is -0.490 e. The average Bonchev–Trinajstić information content (AvgIpc) is 2.58. The Kier molecular flexibility index (Phi) is 6.11. The predicted octanol–water partition coefficient (Wildman–Crippen LogP) is 2.62. The standard InChI is InChI=1S/C17H20N4O2/c1-3-22-15-9-8-13(11-16(15)23-4-2)12-20-21-17(18)14-7-5-6-10-19-14/h5-12H,3-4H2,1-2H3,(H2,18,21). The van der Waals surface area contributed by atoms with Crippen molar-refractivity contribution in [3.63, 3.8) is 0 Å². The summed E-state index contributed by atoms with van der Waals surface area (Å²) >= 11 is 0. The van der Waals surface area contributed by atoms with Crippen LogP contribution in [-0.4, -0.2) is 30.2 Å². The Morgan fingerprint density at radius 1 is 1.13 bits per heavy atom. The summed E-state index contributed by atoms with van der Waals surface area (Å²) in [4.78, 5) is 4.11. The summed E-state index contributed by atoms with van der Waals surface area (Å²) in [6.45, 7) is 5.00. The molecule has 0 bridgehead atoms. The zero-order valence-electron chi connectivity index (χ0n) is 13.3. The molecule has 0 fully saturated rings. The lowest BCUT2D eigenvalue weighted by atomic mass is 10.2. The lowest BCUT2D eigenvalue weighted by Crippen LogP contribution is -2.14. The zero-order valence-corrected chi connectivity index (χ0v) is 13.3. The number of pyridine rings is 1. The third-order valence-corrected chi connectivity index (χ3v) is 2.87. The van der Waals surface area contributed by atoms with Crippen molar-refractivity contribution in [2.24, 2.45) is 15.9 Å². The molecule has 120 valence electrons. The van der Waals surface area contributed by atoms with Crippen molar-refractivity contribution < 1.29 is 9.47 Å². The maximum Gasteiger partial charge on any atom is 0.171 e. The van der Waals surface area contributed by atoms with Gasteiger partial charge in [0.1, 0.15) is 5.69 Å². The highest BCUT2D eigenvalue weighted by Crippen LogP contribution is 2.27. The first-order chi connectivity index (χ1) is 11.2. The van der Waals surface area contributed by atoms with E-state index in [4.69, 9.17) is 15.2 Å². The molecular formula is C17H20N4O2. The van der Waals surface area contributed by atoms with Gasteiger partial charge in [-0.25, -0.2) is 0 Å². The lowest BCUT2D eigenvalue weighted by Gasteiger charge is -2.10. The Morgan fingerprint density at radius 2 is 1.91 bits per heavy atom. The van der Waals surface area contributed by atoms with Crippen molar-refractivity contribution in [1.82, 2.24) is 4.98 Å². The minimum absolute atomic E-state index is 0.262. The van der Waals surface area contributed by atoms with E-state index in [-0.39, 0.29) is 5.84 Å². The molecule has 6 heteroatoms. The molecule has 6 nitrogen and oxygen atoms in total. The minimum atomic E-state index is 0.262. The summed E-state index contributed by atoms with van der Waals surface area (Å²) in [6, 6.07) is 11.0. The Morgan fingerprint density at radius 3 is 2.61 bits per heavy atom. The number of hydrogen-bond acceptors (Lipinski definition) is 5. The number of nitrogens with zero attached hydrogens (tertiary/aromatic N) is 3. The molecule has 1 aromatic heterocycles. The summed E-state index contributed by atoms with van der Waals surface area (Å²) in [6.07, 6.45) is 3.26. The Hall–Kier alpha value is -2.89. The SMILES string of the molecule is CCOc1ccc(C=NN=C(N)c2ccccn2)cc1OCC. The Labute approximate surface area is 135 Å². The molecule has 23 heavy (non-hydrogen) atoms. The number of nitrogens with two attached hydrogens (primary N) is 1. The van der Waals surface area contributed by atoms with Crippen molar-refractivity contribution >= 4 is 12.1 Å². The number of hydrogen-bond donors (Lipinski definition) is 1. The van der Waals surface area contributed by atoms with E-state index in [0.717, 1.165) is 5.56 Å². The molecule has 0 spiro atoms. The van der Waals surface area contributed by atoms with Crippen molar-refractivity contribution in [3.05, 3.63) is 53.9 Å². The number of aromatic nitrogens is 1. The number of rotatable bonds is 7. The van der Waals surface area contributed by atoms with Crippen LogP contribution in [0.2, 0.25) is 0 Å². The van der Waals surface area contributed by atoms with Crippen molar-refractivity contribution in [1.29, 1.82) is 0 Å². The molecule has 0 atom stereocenters. The average molecular weight is 312 g/mol. The van der Waals surface area contributed by atoms with Crippen molar-refractivity contribution in [3.8, 4) is 11.5 Å². The van der Waals surface area contributed by atoms with Gasteiger partial charge in [0.15, 0.2) is 17.3 Å². The largest absolute Gasteiger partial charge is 0.490 e. The van der Waals surface area contributed by atoms with Gasteiger partial charge in [0.2, 0.25) is 0 Å². The van der Waals surface area contributed by atoms with E-state index in [1.807, 2.05) is 44.2 Å². The van der Waals surface area contributed by atoms with Gasteiger partial charge in [0, 0.05) is 6.20 Å². The molecule has 2 N–H and O–H groups in total. The quantitative estimate of drug-likeness (QED) is 0.484. The van der Waals surface area contributed by atoms with Crippen molar-refractivity contribution in [2.75, 3.05) is 13.2 Å². The van der Waals surface area contributed by atoms with Crippen LogP contribution in [0.4, 0.5) is 0 Å². The van der Waals surface area contributed by atoms with Crippen LogP contribution < -0.4 is 15.2 Å². The first-order valence-corrected chi connectivity index (χ1v) is 7.42. The normalized spacial score (nSPS) is 11.7. The second-order valence-electron chi connectivity index (χ2n) is 4.52. The first-order valence-electron chi connectivity index (χ1n) is 7.42. The molecule has 0 saturated heterocycles. The number of benzene rings is 1. The molecule has 2 rings (SSSR count). The van der Waals surface area contributed by atoms with Gasteiger partial charge in [-0.05, 0) is 49.7 Å². The third kappa shape index (κ3) is 4.81. The first kappa shape index (κ1) is 16.5. The van der Waals surface area contributed by atoms with Crippen LogP contribution in [0.3, 0.4) is 0 Å². The van der Waals surface area contributed by atoms with Gasteiger partial charge in [0.05, 0.1) is 19.4 Å². The molecule has 2 aromatic rings. The molecule has 0 aliphatic heterocycles. The third-order valence-electron chi connectivity index (χ3n) is 2.87. The van der Waals surface area contributed by atoms with Crippen LogP contribution in [0, 0.1) is 0 Å². The number of amidine groups is 1. The van der Waals surface area contributed by atoms with Crippen LogP contribution >= 0.6 is 0 Å². The van der Waals surface area contributed by atoms with Gasteiger partial charge in [-0.1, -0.05) is 6.07 Å². The molecule has 0 radical (unpaired) electrons. The molecule has 1 heterocycles. The summed E-state index contributed by atoms with van der Waals surface area (Å²) in [5, 5.41) is 7.95. The molecule has 0 aliphatic rings. The fourth-order valence-electron chi connectivity index (χ4n) is 1.87. The van der Waals surface area contributed by atoms with E-state index in [9.17, 15) is 0 Å². The monoisotopic (exact) mass is 312 g/mol. The fourth-order valence-corrected chi connectivity index (χ4v) is 1.87. The van der Waals surface area contributed by atoms with Crippen LogP contribution in [0.15, 0.2) is 52.8 Å². The molecule has 1 aromatic carbocycles. The highest BCUT2D eigenvalue weighted by Gasteiger charge is 2.05. The van der Waals surface area contributed by atoms with Gasteiger partial charge >= 0.3 is 0 Å². The zero-order chi connectivity index (χ0) is 16.5. The smallest absolute Gasteiger partial charge is 0.171 e. The topological polar surface area (TPSA) is 82.1 Å². The van der Waals surface area contributed by atoms with Gasteiger partial charge in [-0.15, -0.1) is 5.10 Å². The summed E-state index contributed by atoms with van der Waals surface area (Å²) < 4.78 is 11.1. The Balaban J connectivity index is 2.14. The van der Waals surface area contributed by atoms with Gasteiger partial charge in [-0.2, -0.15) is 5.10 Å². The maximum absolute atomic E-state index is 5.83. The van der Waals surface area contributed by atoms with Crippen molar-refractivity contribution in [2.45, 2.75) is 13.8 Å². The predicted molar refractivity (Wildman–Crippen MR) is 91.3 cm³/mol. The molecule has 0 amide bonds. The molecule has 0 aliphatic carbocycles. The van der Waals surface area contributed by atoms with Crippen LogP contribution in [0.5, 0.6) is 11.5 Å². The molecule has 0 saturated carbocycles. The van der Waals surface area contributed by atoms with E-state index < -0.39 is 0 Å². The van der Waals surface area contributed by atoms with Crippen LogP contribution in [-0.2, 0) is 0 Å². The van der Waals surface area contributed by atoms with E-state index in [2.05, 4.69) is 15.2 Å². The maximum atomic E-state index is 5.83. The highest BCUT2D eigenvalue weighted by molar-refractivity contribution is 5.96. The second-order valence-corrected chi connectivity index (χ2v) is 4.52. The van der Waals surface area contributed by atoms with Gasteiger partial charge in [-0.3, -0.25) is 4.98 Å². The highest BCUT2D eigenvalue weighted by atomic mass is 16.5. The van der Waals surface area contributed by atoms with E-state index in [0.29, 0.717) is 30.4 Å². The summed E-state index contributed by atoms with van der Waals surface area (Å²) in [5.41, 5.74) is 7.26. The lowest BCUT2D eigenvalue weighted by molar-refractivity contribution is 0.288. The van der Waals surface area contributed by atoms with Crippen LogP contribution in [0.25, 0.3) is 0 Å². The van der Waals surface area contributed by atoms with Crippen LogP contribution in [0.1, 0.15) is 25.1 Å². The van der Waals surface area contributed by atoms with E-state index in [1.54, 1.807) is 18.5 Å². The summed E-state index contributed by atoms with van der Waals surface area (Å²) in [7, 11) is 0. The molecular weight excluding hydrogens is 292 g/mol. The van der Waals surface area contributed by atoms with E-state index in [1.165, 1.54) is 0 Å². The van der Waals surface area contributed by atoms with Gasteiger partial charge < -0.3 is 15.2 Å². The summed E-state index contributed by atoms with van der Waals surface area (Å²) in [5.74, 6) is 1.65. The molecule has 0 unspecified atom stereocenters. The number of ether oxygens (including phenoxy) is 2. The van der Waals surface area contributed by atoms with Gasteiger partial charge in [0.25, 0.3) is 0 Å². The fraction of sp³-hybridized carbons (Fsp3) is 0.235. The second kappa shape index (κ2) is 8.53. The Bertz CT molecular complexity index is 684. The van der Waals surface area contributed by atoms with E-state index >= 15 is 0 Å².